The molecule has 0 aromatic carbocycles. The Bertz CT molecular complexity index is 872. The molecule has 11 atom stereocenters. The molecule has 37 heavy (non-hydrogen) atoms. The van der Waals surface area contributed by atoms with Gasteiger partial charge in [-0.25, -0.2) is 0 Å². The minimum absolute atomic E-state index is 0.102. The first-order valence-electron chi connectivity index (χ1n) is 14.4. The molecule has 0 aliphatic heterocycles. The van der Waals surface area contributed by atoms with Crippen LogP contribution in [0.15, 0.2) is 0 Å². The lowest BCUT2D eigenvalue weighted by atomic mass is 9.43. The monoisotopic (exact) mass is 520 g/mol. The molecule has 4 saturated carbocycles. The molecule has 7 heteroatoms. The summed E-state index contributed by atoms with van der Waals surface area (Å²) in [6, 6.07) is 0. The number of hydrogen-bond donors (Lipinski definition) is 0. The highest BCUT2D eigenvalue weighted by molar-refractivity contribution is 5.69. The Hall–Kier alpha value is -1.63. The second-order valence-electron chi connectivity index (χ2n) is 13.0. The van der Waals surface area contributed by atoms with E-state index in [9.17, 15) is 14.4 Å². The van der Waals surface area contributed by atoms with E-state index in [0.717, 1.165) is 51.4 Å². The summed E-state index contributed by atoms with van der Waals surface area (Å²) < 4.78 is 23.0. The Morgan fingerprint density at radius 2 is 1.62 bits per heavy atom. The van der Waals surface area contributed by atoms with E-state index in [0.29, 0.717) is 36.0 Å². The van der Waals surface area contributed by atoms with E-state index < -0.39 is 0 Å². The third kappa shape index (κ3) is 5.06. The molecular formula is C30H48O7. The highest BCUT2D eigenvalue weighted by Gasteiger charge is 2.67. The first-order valence-corrected chi connectivity index (χ1v) is 14.4. The van der Waals surface area contributed by atoms with E-state index in [1.165, 1.54) is 21.0 Å². The quantitative estimate of drug-likeness (QED) is 0.331. The van der Waals surface area contributed by atoms with Crippen LogP contribution in [0, 0.1) is 46.3 Å². The van der Waals surface area contributed by atoms with Crippen molar-refractivity contribution in [1.82, 2.24) is 0 Å². The standard InChI is InChI=1S/C30H48O7/c1-17(8-11-27(33)35-7)22-9-10-23-28-24(16-26(30(22,23)5)37-19(3)32)29(4)13-12-21(34-6)14-20(29)15-25(28)36-18(2)31/h17,20-26,28H,8-16H2,1-7H3/t17-,20?,21-,22-,23+,24?,25-,26+,28?,29?,30?/m1/s1. The van der Waals surface area contributed by atoms with Gasteiger partial charge in [0.2, 0.25) is 0 Å². The fourth-order valence-electron chi connectivity index (χ4n) is 9.64. The van der Waals surface area contributed by atoms with Crippen molar-refractivity contribution < 1.29 is 33.3 Å². The van der Waals surface area contributed by atoms with E-state index in [1.807, 2.05) is 0 Å². The number of methoxy groups -OCH3 is 2. The zero-order valence-corrected chi connectivity index (χ0v) is 23.9. The van der Waals surface area contributed by atoms with E-state index in [-0.39, 0.29) is 53.0 Å². The summed E-state index contributed by atoms with van der Waals surface area (Å²) >= 11 is 0. The number of esters is 3. The number of hydrogen-bond acceptors (Lipinski definition) is 7. The predicted molar refractivity (Wildman–Crippen MR) is 138 cm³/mol. The van der Waals surface area contributed by atoms with Crippen LogP contribution in [0.3, 0.4) is 0 Å². The lowest BCUT2D eigenvalue weighted by molar-refractivity contribution is -0.224. The fraction of sp³-hybridized carbons (Fsp3) is 0.900. The maximum atomic E-state index is 12.4. The molecular weight excluding hydrogens is 472 g/mol. The molecule has 0 amide bonds. The van der Waals surface area contributed by atoms with Crippen LogP contribution in [0.1, 0.15) is 92.4 Å². The Morgan fingerprint density at radius 3 is 2.24 bits per heavy atom. The van der Waals surface area contributed by atoms with Crippen LogP contribution in [0.4, 0.5) is 0 Å². The molecule has 7 nitrogen and oxygen atoms in total. The van der Waals surface area contributed by atoms with Crippen molar-refractivity contribution in [2.24, 2.45) is 46.3 Å². The van der Waals surface area contributed by atoms with Crippen LogP contribution in [0.25, 0.3) is 0 Å². The minimum atomic E-state index is -0.228. The van der Waals surface area contributed by atoms with Crippen molar-refractivity contribution in [2.45, 2.75) is 111 Å². The SMILES string of the molecule is COC(=O)CC[C@@H](C)[C@H]1CC[C@H]2C3C(C[C@H](OC(C)=O)C12C)C1(C)CC[C@@H](OC)CC1C[C@H]3OC(C)=O. The molecule has 0 saturated heterocycles. The molecule has 0 heterocycles. The number of rotatable bonds is 7. The van der Waals surface area contributed by atoms with E-state index >= 15 is 0 Å². The maximum Gasteiger partial charge on any atom is 0.305 e. The van der Waals surface area contributed by atoms with Gasteiger partial charge in [0, 0.05) is 38.7 Å². The normalized spacial score (nSPS) is 43.5. The first kappa shape index (κ1) is 28.4. The van der Waals surface area contributed by atoms with Crippen LogP contribution in [0.2, 0.25) is 0 Å². The summed E-state index contributed by atoms with van der Waals surface area (Å²) in [6.45, 7) is 10.0. The fourth-order valence-corrected chi connectivity index (χ4v) is 9.64. The average molecular weight is 521 g/mol. The summed E-state index contributed by atoms with van der Waals surface area (Å²) in [5.41, 5.74) is -0.127. The van der Waals surface area contributed by atoms with Gasteiger partial charge in [0.25, 0.3) is 0 Å². The molecule has 4 fully saturated rings. The molecule has 0 aromatic rings. The minimum Gasteiger partial charge on any atom is -0.469 e. The van der Waals surface area contributed by atoms with Crippen LogP contribution in [-0.4, -0.2) is 50.4 Å². The molecule has 4 aliphatic rings. The van der Waals surface area contributed by atoms with E-state index in [1.54, 1.807) is 7.11 Å². The van der Waals surface area contributed by atoms with Crippen molar-refractivity contribution in [3.63, 3.8) is 0 Å². The number of carbonyl (C=O) groups is 3. The topological polar surface area (TPSA) is 88.1 Å². The van der Waals surface area contributed by atoms with Crippen molar-refractivity contribution in [3.05, 3.63) is 0 Å². The molecule has 0 radical (unpaired) electrons. The molecule has 4 rings (SSSR count). The Kier molecular flexibility index (Phi) is 8.33. The maximum absolute atomic E-state index is 12.4. The molecule has 4 aliphatic carbocycles. The summed E-state index contributed by atoms with van der Waals surface area (Å²) in [4.78, 5) is 36.6. The van der Waals surface area contributed by atoms with Crippen molar-refractivity contribution >= 4 is 17.9 Å². The van der Waals surface area contributed by atoms with Gasteiger partial charge in [-0.15, -0.1) is 0 Å². The Balaban J connectivity index is 1.71. The van der Waals surface area contributed by atoms with Gasteiger partial charge in [0.1, 0.15) is 12.2 Å². The van der Waals surface area contributed by atoms with Gasteiger partial charge in [-0.3, -0.25) is 14.4 Å². The van der Waals surface area contributed by atoms with E-state index in [4.69, 9.17) is 18.9 Å². The van der Waals surface area contributed by atoms with Gasteiger partial charge in [0.05, 0.1) is 13.2 Å². The number of fused-ring (bicyclic) bond motifs is 5. The summed E-state index contributed by atoms with van der Waals surface area (Å²) in [5.74, 6) is 1.27. The molecule has 5 unspecified atom stereocenters. The largest absolute Gasteiger partial charge is 0.469 e. The van der Waals surface area contributed by atoms with Gasteiger partial charge in [-0.2, -0.15) is 0 Å². The lowest BCUT2D eigenvalue weighted by Gasteiger charge is -2.64. The van der Waals surface area contributed by atoms with Gasteiger partial charge in [0.15, 0.2) is 0 Å². The number of carbonyl (C=O) groups excluding carboxylic acids is 3. The van der Waals surface area contributed by atoms with Crippen LogP contribution >= 0.6 is 0 Å². The predicted octanol–water partition coefficient (Wildman–Crippen LogP) is 5.33. The molecule has 0 spiro atoms. The molecule has 0 N–H and O–H groups in total. The third-order valence-corrected chi connectivity index (χ3v) is 11.4. The number of ether oxygens (including phenoxy) is 4. The van der Waals surface area contributed by atoms with Gasteiger partial charge in [-0.05, 0) is 86.4 Å². The first-order chi connectivity index (χ1) is 17.4. The second-order valence-corrected chi connectivity index (χ2v) is 13.0. The Morgan fingerprint density at radius 1 is 0.919 bits per heavy atom. The van der Waals surface area contributed by atoms with E-state index in [2.05, 4.69) is 20.8 Å². The molecule has 0 bridgehead atoms. The third-order valence-electron chi connectivity index (χ3n) is 11.4. The van der Waals surface area contributed by atoms with Gasteiger partial charge in [-0.1, -0.05) is 20.8 Å². The zero-order valence-electron chi connectivity index (χ0n) is 23.9. The van der Waals surface area contributed by atoms with Crippen molar-refractivity contribution in [2.75, 3.05) is 14.2 Å². The smallest absolute Gasteiger partial charge is 0.305 e. The molecule has 210 valence electrons. The Labute approximate surface area is 222 Å². The van der Waals surface area contributed by atoms with Crippen molar-refractivity contribution in [1.29, 1.82) is 0 Å². The zero-order chi connectivity index (χ0) is 27.1. The lowest BCUT2D eigenvalue weighted by Crippen LogP contribution is -2.63. The highest BCUT2D eigenvalue weighted by atomic mass is 16.5. The summed E-state index contributed by atoms with van der Waals surface area (Å²) in [7, 11) is 3.23. The molecule has 0 aromatic heterocycles. The summed E-state index contributed by atoms with van der Waals surface area (Å²) in [6.07, 6.45) is 7.95. The van der Waals surface area contributed by atoms with Crippen LogP contribution in [-0.2, 0) is 33.3 Å². The van der Waals surface area contributed by atoms with Gasteiger partial charge < -0.3 is 18.9 Å². The summed E-state index contributed by atoms with van der Waals surface area (Å²) in [5, 5.41) is 0. The average Bonchev–Trinajstić information content (AvgIpc) is 3.20. The second kappa shape index (κ2) is 10.9. The van der Waals surface area contributed by atoms with Gasteiger partial charge >= 0.3 is 17.9 Å². The highest BCUT2D eigenvalue weighted by Crippen LogP contribution is 2.69. The van der Waals surface area contributed by atoms with Crippen molar-refractivity contribution in [3.8, 4) is 0 Å². The van der Waals surface area contributed by atoms with Crippen LogP contribution < -0.4 is 0 Å². The van der Waals surface area contributed by atoms with Crippen LogP contribution in [0.5, 0.6) is 0 Å².